The van der Waals surface area contributed by atoms with Gasteiger partial charge in [0.1, 0.15) is 0 Å². The van der Waals surface area contributed by atoms with Crippen LogP contribution in [0.4, 0.5) is 0 Å². The zero-order valence-electron chi connectivity index (χ0n) is 10.5. The molecule has 0 radical (unpaired) electrons. The monoisotopic (exact) mass is 285 g/mol. The van der Waals surface area contributed by atoms with Crippen molar-refractivity contribution in [2.45, 2.75) is 19.8 Å². The van der Waals surface area contributed by atoms with Crippen molar-refractivity contribution in [1.29, 1.82) is 0 Å². The summed E-state index contributed by atoms with van der Waals surface area (Å²) in [6.45, 7) is 1.77. The van der Waals surface area contributed by atoms with Crippen LogP contribution >= 0.6 is 11.6 Å². The Kier molecular flexibility index (Phi) is 7.74. The Bertz CT molecular complexity index is 331. The van der Waals surface area contributed by atoms with Gasteiger partial charge in [-0.25, -0.2) is 12.7 Å². The van der Waals surface area contributed by atoms with Crippen LogP contribution in [0.15, 0.2) is 0 Å². The summed E-state index contributed by atoms with van der Waals surface area (Å²) < 4.78 is 29.3. The van der Waals surface area contributed by atoms with E-state index in [0.717, 1.165) is 0 Å². The van der Waals surface area contributed by atoms with E-state index >= 15 is 0 Å². The number of ether oxygens (including phenoxy) is 1. The molecule has 0 aromatic rings. The zero-order chi connectivity index (χ0) is 13.5. The Labute approximate surface area is 108 Å². The van der Waals surface area contributed by atoms with Crippen LogP contribution in [-0.2, 0) is 19.6 Å². The second-order valence-corrected chi connectivity index (χ2v) is 6.49. The molecule has 0 saturated carbocycles. The molecule has 0 bridgehead atoms. The molecular weight excluding hydrogens is 266 g/mol. The van der Waals surface area contributed by atoms with Crippen LogP contribution in [0.2, 0.25) is 0 Å². The molecule has 0 spiro atoms. The van der Waals surface area contributed by atoms with E-state index in [9.17, 15) is 13.2 Å². The Balaban J connectivity index is 4.28. The summed E-state index contributed by atoms with van der Waals surface area (Å²) in [6.07, 6.45) is 1.20. The van der Waals surface area contributed by atoms with Gasteiger partial charge in [-0.3, -0.25) is 4.79 Å². The van der Waals surface area contributed by atoms with Crippen LogP contribution in [0.5, 0.6) is 0 Å². The van der Waals surface area contributed by atoms with Gasteiger partial charge in [0.05, 0.1) is 18.8 Å². The van der Waals surface area contributed by atoms with Gasteiger partial charge in [0.25, 0.3) is 0 Å². The highest BCUT2D eigenvalue weighted by molar-refractivity contribution is 7.89. The van der Waals surface area contributed by atoms with Gasteiger partial charge in [-0.1, -0.05) is 6.92 Å². The molecule has 0 aromatic heterocycles. The molecule has 0 aliphatic rings. The lowest BCUT2D eigenvalue weighted by molar-refractivity contribution is -0.144. The number of unbranched alkanes of at least 4 members (excludes halogenated alkanes) is 1. The molecule has 7 heteroatoms. The van der Waals surface area contributed by atoms with Gasteiger partial charge >= 0.3 is 5.97 Å². The number of methoxy groups -OCH3 is 1. The van der Waals surface area contributed by atoms with E-state index in [0.29, 0.717) is 18.7 Å². The minimum Gasteiger partial charge on any atom is -0.469 e. The van der Waals surface area contributed by atoms with Gasteiger partial charge in [-0.15, -0.1) is 11.6 Å². The summed E-state index contributed by atoms with van der Waals surface area (Å²) in [4.78, 5) is 11.2. The summed E-state index contributed by atoms with van der Waals surface area (Å²) in [5.74, 6) is -0.359. The summed E-state index contributed by atoms with van der Waals surface area (Å²) in [5, 5.41) is 0. The lowest BCUT2D eigenvalue weighted by Crippen LogP contribution is -2.35. The third-order valence-electron chi connectivity index (χ3n) is 2.40. The minimum absolute atomic E-state index is 0.0596. The maximum Gasteiger partial charge on any atom is 0.309 e. The summed E-state index contributed by atoms with van der Waals surface area (Å²) >= 11 is 5.49. The first-order valence-electron chi connectivity index (χ1n) is 5.43. The fraction of sp³-hybridized carbons (Fsp3) is 0.900. The van der Waals surface area contributed by atoms with Crippen LogP contribution in [-0.4, -0.2) is 51.0 Å². The van der Waals surface area contributed by atoms with Gasteiger partial charge in [0.2, 0.25) is 10.0 Å². The van der Waals surface area contributed by atoms with E-state index in [1.165, 1.54) is 18.5 Å². The summed E-state index contributed by atoms with van der Waals surface area (Å²) in [6, 6.07) is 0. The Morgan fingerprint density at radius 3 is 2.47 bits per heavy atom. The van der Waals surface area contributed by atoms with Gasteiger partial charge < -0.3 is 4.74 Å². The Hall–Kier alpha value is -0.330. The maximum atomic E-state index is 11.8. The van der Waals surface area contributed by atoms with E-state index < -0.39 is 21.9 Å². The van der Waals surface area contributed by atoms with Crippen molar-refractivity contribution in [2.24, 2.45) is 5.92 Å². The number of carbonyl (C=O) groups is 1. The van der Waals surface area contributed by atoms with Crippen molar-refractivity contribution < 1.29 is 17.9 Å². The highest BCUT2D eigenvalue weighted by Gasteiger charge is 2.23. The van der Waals surface area contributed by atoms with Gasteiger partial charge in [0, 0.05) is 19.5 Å². The largest absolute Gasteiger partial charge is 0.469 e. The fourth-order valence-electron chi connectivity index (χ4n) is 1.31. The molecule has 0 fully saturated rings. The van der Waals surface area contributed by atoms with E-state index in [-0.39, 0.29) is 12.3 Å². The molecular formula is C10H20ClNO4S. The van der Waals surface area contributed by atoms with Gasteiger partial charge in [-0.2, -0.15) is 0 Å². The lowest BCUT2D eigenvalue weighted by atomic mass is 10.2. The SMILES string of the molecule is COC(=O)C(C)CN(C)S(=O)(=O)CCCCCl. The molecule has 1 unspecified atom stereocenters. The predicted octanol–water partition coefficient (Wildman–Crippen LogP) is 1.08. The van der Waals surface area contributed by atoms with Crippen LogP contribution in [0.3, 0.4) is 0 Å². The third-order valence-corrected chi connectivity index (χ3v) is 4.57. The van der Waals surface area contributed by atoms with Crippen LogP contribution in [0.25, 0.3) is 0 Å². The maximum absolute atomic E-state index is 11.8. The first kappa shape index (κ1) is 16.7. The van der Waals surface area contributed by atoms with Crippen LogP contribution in [0.1, 0.15) is 19.8 Å². The Morgan fingerprint density at radius 1 is 1.41 bits per heavy atom. The van der Waals surface area contributed by atoms with E-state index in [1.807, 2.05) is 0 Å². The first-order chi connectivity index (χ1) is 7.85. The minimum atomic E-state index is -3.30. The molecule has 0 aliphatic carbocycles. The predicted molar refractivity (Wildman–Crippen MR) is 67.6 cm³/mol. The van der Waals surface area contributed by atoms with Crippen molar-refractivity contribution >= 4 is 27.6 Å². The van der Waals surface area contributed by atoms with E-state index in [1.54, 1.807) is 6.92 Å². The molecule has 0 N–H and O–H groups in total. The van der Waals surface area contributed by atoms with E-state index in [4.69, 9.17) is 11.6 Å². The number of hydrogen-bond donors (Lipinski definition) is 0. The molecule has 0 saturated heterocycles. The van der Waals surface area contributed by atoms with E-state index in [2.05, 4.69) is 4.74 Å². The van der Waals surface area contributed by atoms with Crippen molar-refractivity contribution in [2.75, 3.05) is 32.3 Å². The second-order valence-electron chi connectivity index (χ2n) is 3.92. The van der Waals surface area contributed by atoms with Crippen molar-refractivity contribution in [1.82, 2.24) is 4.31 Å². The number of rotatable bonds is 8. The number of carbonyl (C=O) groups excluding carboxylic acids is 1. The van der Waals surface area contributed by atoms with Crippen LogP contribution in [0, 0.1) is 5.92 Å². The number of sulfonamides is 1. The second kappa shape index (κ2) is 7.89. The molecule has 0 aromatic carbocycles. The van der Waals surface area contributed by atoms with Crippen molar-refractivity contribution in [3.63, 3.8) is 0 Å². The average Bonchev–Trinajstić information content (AvgIpc) is 2.27. The molecule has 0 rings (SSSR count). The number of esters is 1. The lowest BCUT2D eigenvalue weighted by Gasteiger charge is -2.19. The zero-order valence-corrected chi connectivity index (χ0v) is 12.1. The van der Waals surface area contributed by atoms with Crippen LogP contribution < -0.4 is 0 Å². The first-order valence-corrected chi connectivity index (χ1v) is 7.57. The quantitative estimate of drug-likeness (QED) is 0.380. The van der Waals surface area contributed by atoms with Crippen molar-refractivity contribution in [3.8, 4) is 0 Å². The highest BCUT2D eigenvalue weighted by atomic mass is 35.5. The number of hydrogen-bond acceptors (Lipinski definition) is 4. The fourth-order valence-corrected chi connectivity index (χ4v) is 2.83. The highest BCUT2D eigenvalue weighted by Crippen LogP contribution is 2.08. The van der Waals surface area contributed by atoms with Crippen molar-refractivity contribution in [3.05, 3.63) is 0 Å². The average molecular weight is 286 g/mol. The smallest absolute Gasteiger partial charge is 0.309 e. The summed E-state index contributed by atoms with van der Waals surface area (Å²) in [5.41, 5.74) is 0. The number of nitrogens with zero attached hydrogens (tertiary/aromatic N) is 1. The molecule has 0 heterocycles. The Morgan fingerprint density at radius 2 is 2.00 bits per heavy atom. The normalized spacial score (nSPS) is 13.7. The third kappa shape index (κ3) is 6.24. The number of alkyl halides is 1. The molecule has 0 amide bonds. The molecule has 102 valence electrons. The molecule has 0 aliphatic heterocycles. The van der Waals surface area contributed by atoms with Gasteiger partial charge in [-0.05, 0) is 12.8 Å². The molecule has 5 nitrogen and oxygen atoms in total. The summed E-state index contributed by atoms with van der Waals surface area (Å²) in [7, 11) is -0.549. The van der Waals surface area contributed by atoms with Gasteiger partial charge in [0.15, 0.2) is 0 Å². The topological polar surface area (TPSA) is 63.7 Å². The molecule has 1 atom stereocenters. The molecule has 17 heavy (non-hydrogen) atoms. The number of halogens is 1. The standard InChI is InChI=1S/C10H20ClNO4S/c1-9(10(13)16-3)8-12(2)17(14,15)7-5-4-6-11/h9H,4-8H2,1-3H3.